The summed E-state index contributed by atoms with van der Waals surface area (Å²) in [6.07, 6.45) is 0. The van der Waals surface area contributed by atoms with Gasteiger partial charge in [0.25, 0.3) is 5.91 Å². The Balaban J connectivity index is 2.90. The lowest BCUT2D eigenvalue weighted by atomic mass is 10.1. The maximum Gasteiger partial charge on any atom is 0.255 e. The van der Waals surface area contributed by atoms with Crippen molar-refractivity contribution in [1.29, 1.82) is 0 Å². The second-order valence-corrected chi connectivity index (χ2v) is 5.10. The van der Waals surface area contributed by atoms with Gasteiger partial charge >= 0.3 is 0 Å². The lowest BCUT2D eigenvalue weighted by molar-refractivity contribution is 0.0920. The molecule has 0 aliphatic rings. The van der Waals surface area contributed by atoms with Crippen molar-refractivity contribution in [1.82, 2.24) is 5.32 Å². The van der Waals surface area contributed by atoms with Gasteiger partial charge in [-0.1, -0.05) is 31.9 Å². The van der Waals surface area contributed by atoms with Crippen molar-refractivity contribution in [3.63, 3.8) is 0 Å². The van der Waals surface area contributed by atoms with E-state index in [4.69, 9.17) is 5.11 Å². The molecular formula is C11H13Br2NO3. The van der Waals surface area contributed by atoms with E-state index >= 15 is 0 Å². The van der Waals surface area contributed by atoms with Crippen molar-refractivity contribution in [2.75, 3.05) is 10.7 Å². The molecule has 94 valence electrons. The number of hydrogen-bond acceptors (Lipinski definition) is 3. The van der Waals surface area contributed by atoms with Crippen LogP contribution in [0.3, 0.4) is 0 Å². The molecule has 0 atom stereocenters. The van der Waals surface area contributed by atoms with Gasteiger partial charge < -0.3 is 15.5 Å². The van der Waals surface area contributed by atoms with E-state index in [0.717, 1.165) is 6.07 Å². The summed E-state index contributed by atoms with van der Waals surface area (Å²) in [4.78, 5) is 11.9. The van der Waals surface area contributed by atoms with Crippen LogP contribution in [0.25, 0.3) is 0 Å². The summed E-state index contributed by atoms with van der Waals surface area (Å²) in [6.45, 7) is 1.87. The van der Waals surface area contributed by atoms with Crippen LogP contribution in [-0.4, -0.2) is 32.3 Å². The number of nitrogens with one attached hydrogen (secondary N) is 1. The molecule has 0 aliphatic heterocycles. The first kappa shape index (κ1) is 14.3. The maximum absolute atomic E-state index is 11.9. The van der Waals surface area contributed by atoms with Gasteiger partial charge in [-0.3, -0.25) is 4.79 Å². The molecule has 3 N–H and O–H groups in total. The van der Waals surface area contributed by atoms with Gasteiger partial charge in [-0.05, 0) is 19.1 Å². The minimum Gasteiger partial charge on any atom is -0.508 e. The number of phenols is 2. The van der Waals surface area contributed by atoms with Crippen LogP contribution in [0.1, 0.15) is 17.3 Å². The molecule has 0 radical (unpaired) electrons. The SMILES string of the molecule is CC(CBr)(CBr)NC(=O)c1ccc(O)cc1O. The Morgan fingerprint density at radius 3 is 2.41 bits per heavy atom. The fourth-order valence-corrected chi connectivity index (χ4v) is 2.36. The van der Waals surface area contributed by atoms with E-state index in [9.17, 15) is 9.90 Å². The highest BCUT2D eigenvalue weighted by Crippen LogP contribution is 2.23. The van der Waals surface area contributed by atoms with Crippen LogP contribution in [0.15, 0.2) is 18.2 Å². The minimum atomic E-state index is -0.443. The molecule has 0 fully saturated rings. The smallest absolute Gasteiger partial charge is 0.255 e. The van der Waals surface area contributed by atoms with Crippen LogP contribution in [0.4, 0.5) is 0 Å². The molecule has 0 aliphatic carbocycles. The third-order valence-corrected chi connectivity index (χ3v) is 4.71. The van der Waals surface area contributed by atoms with Gasteiger partial charge in [-0.25, -0.2) is 0 Å². The molecule has 1 rings (SSSR count). The van der Waals surface area contributed by atoms with Gasteiger partial charge in [0.05, 0.1) is 11.1 Å². The van der Waals surface area contributed by atoms with Crippen LogP contribution < -0.4 is 5.32 Å². The van der Waals surface area contributed by atoms with Crippen LogP contribution in [0.2, 0.25) is 0 Å². The number of alkyl halides is 2. The number of benzene rings is 1. The zero-order valence-electron chi connectivity index (χ0n) is 9.20. The Labute approximate surface area is 116 Å². The molecule has 4 nitrogen and oxygen atoms in total. The summed E-state index contributed by atoms with van der Waals surface area (Å²) < 4.78 is 0. The van der Waals surface area contributed by atoms with E-state index in [1.165, 1.54) is 12.1 Å². The van der Waals surface area contributed by atoms with Crippen molar-refractivity contribution >= 4 is 37.8 Å². The Morgan fingerprint density at radius 2 is 1.94 bits per heavy atom. The van der Waals surface area contributed by atoms with E-state index in [1.807, 2.05) is 6.92 Å². The first-order chi connectivity index (χ1) is 7.91. The molecule has 0 spiro atoms. The van der Waals surface area contributed by atoms with E-state index in [1.54, 1.807) is 0 Å². The Morgan fingerprint density at radius 1 is 1.35 bits per heavy atom. The summed E-state index contributed by atoms with van der Waals surface area (Å²) in [7, 11) is 0. The standard InChI is InChI=1S/C11H13Br2NO3/c1-11(5-12,6-13)14-10(17)8-3-2-7(15)4-9(8)16/h2-4,15-16H,5-6H2,1H3,(H,14,17). The van der Waals surface area contributed by atoms with E-state index in [2.05, 4.69) is 37.2 Å². The number of halogens is 2. The van der Waals surface area contributed by atoms with Crippen molar-refractivity contribution in [3.05, 3.63) is 23.8 Å². The predicted molar refractivity (Wildman–Crippen MR) is 73.2 cm³/mol. The van der Waals surface area contributed by atoms with Crippen LogP contribution in [0.5, 0.6) is 11.5 Å². The van der Waals surface area contributed by atoms with E-state index in [-0.39, 0.29) is 23.0 Å². The topological polar surface area (TPSA) is 69.6 Å². The molecule has 17 heavy (non-hydrogen) atoms. The first-order valence-electron chi connectivity index (χ1n) is 4.88. The summed E-state index contributed by atoms with van der Waals surface area (Å²) in [5.41, 5.74) is -0.308. The highest BCUT2D eigenvalue weighted by Gasteiger charge is 2.25. The number of carbonyl (C=O) groups excluding carboxylic acids is 1. The summed E-state index contributed by atoms with van der Waals surface area (Å²) in [5.74, 6) is -0.708. The maximum atomic E-state index is 11.9. The molecule has 0 saturated heterocycles. The van der Waals surface area contributed by atoms with Crippen molar-refractivity contribution in [2.45, 2.75) is 12.5 Å². The van der Waals surface area contributed by atoms with E-state index in [0.29, 0.717) is 10.7 Å². The number of phenolic OH excluding ortho intramolecular Hbond substituents is 2. The quantitative estimate of drug-likeness (QED) is 0.716. The largest absolute Gasteiger partial charge is 0.508 e. The number of carbonyl (C=O) groups is 1. The summed E-state index contributed by atoms with van der Waals surface area (Å²) in [5, 5.41) is 22.7. The predicted octanol–water partition coefficient (Wildman–Crippen LogP) is 2.38. The number of aromatic hydroxyl groups is 2. The highest BCUT2D eigenvalue weighted by molar-refractivity contribution is 9.09. The Hall–Kier alpha value is -0.750. The Bertz CT molecular complexity index is 419. The summed E-state index contributed by atoms with van der Waals surface area (Å²) in [6, 6.07) is 3.87. The third-order valence-electron chi connectivity index (χ3n) is 2.23. The van der Waals surface area contributed by atoms with Crippen molar-refractivity contribution in [3.8, 4) is 11.5 Å². The van der Waals surface area contributed by atoms with Crippen LogP contribution >= 0.6 is 31.9 Å². The molecular weight excluding hydrogens is 354 g/mol. The van der Waals surface area contributed by atoms with Crippen molar-refractivity contribution in [2.24, 2.45) is 0 Å². The van der Waals surface area contributed by atoms with Gasteiger partial charge in [-0.2, -0.15) is 0 Å². The number of hydrogen-bond donors (Lipinski definition) is 3. The van der Waals surface area contributed by atoms with Gasteiger partial charge in [0, 0.05) is 16.7 Å². The highest BCUT2D eigenvalue weighted by atomic mass is 79.9. The lowest BCUT2D eigenvalue weighted by Crippen LogP contribution is -2.48. The number of rotatable bonds is 4. The fourth-order valence-electron chi connectivity index (χ4n) is 1.16. The number of amides is 1. The Kier molecular flexibility index (Phi) is 4.82. The minimum absolute atomic E-state index is 0.0807. The van der Waals surface area contributed by atoms with Gasteiger partial charge in [0.2, 0.25) is 0 Å². The molecule has 1 amide bonds. The molecule has 0 bridgehead atoms. The first-order valence-corrected chi connectivity index (χ1v) is 7.12. The third kappa shape index (κ3) is 3.61. The zero-order chi connectivity index (χ0) is 13.1. The monoisotopic (exact) mass is 365 g/mol. The summed E-state index contributed by atoms with van der Waals surface area (Å²) >= 11 is 6.63. The molecule has 0 aromatic heterocycles. The van der Waals surface area contributed by atoms with Crippen molar-refractivity contribution < 1.29 is 15.0 Å². The van der Waals surface area contributed by atoms with Crippen LogP contribution in [0, 0.1) is 0 Å². The van der Waals surface area contributed by atoms with Crippen LogP contribution in [-0.2, 0) is 0 Å². The molecule has 6 heteroatoms. The second-order valence-electron chi connectivity index (χ2n) is 3.98. The normalized spacial score (nSPS) is 11.2. The molecule has 0 heterocycles. The molecule has 0 saturated carbocycles. The zero-order valence-corrected chi connectivity index (χ0v) is 12.4. The average Bonchev–Trinajstić information content (AvgIpc) is 2.28. The molecule has 0 unspecified atom stereocenters. The molecule has 1 aromatic carbocycles. The van der Waals surface area contributed by atoms with Gasteiger partial charge in [0.1, 0.15) is 11.5 Å². The van der Waals surface area contributed by atoms with E-state index < -0.39 is 5.54 Å². The van der Waals surface area contributed by atoms with Gasteiger partial charge in [0.15, 0.2) is 0 Å². The molecule has 1 aromatic rings. The average molecular weight is 367 g/mol. The van der Waals surface area contributed by atoms with Gasteiger partial charge in [-0.15, -0.1) is 0 Å². The lowest BCUT2D eigenvalue weighted by Gasteiger charge is -2.26. The second kappa shape index (κ2) is 5.73. The fraction of sp³-hybridized carbons (Fsp3) is 0.364.